The summed E-state index contributed by atoms with van der Waals surface area (Å²) in [7, 11) is 0. The van der Waals surface area contributed by atoms with Crippen LogP contribution in [0.1, 0.15) is 38.3 Å². The topological polar surface area (TPSA) is 90.5 Å². The van der Waals surface area contributed by atoms with Crippen LogP contribution in [0.3, 0.4) is 0 Å². The summed E-state index contributed by atoms with van der Waals surface area (Å²) in [6, 6.07) is 11.8. The minimum Gasteiger partial charge on any atom is -0.310 e. The van der Waals surface area contributed by atoms with E-state index in [1.54, 1.807) is 9.36 Å². The van der Waals surface area contributed by atoms with Crippen LogP contribution in [0, 0.1) is 5.92 Å². The molecule has 28 heavy (non-hydrogen) atoms. The monoisotopic (exact) mass is 397 g/mol. The Labute approximate surface area is 167 Å². The molecule has 0 aliphatic heterocycles. The van der Waals surface area contributed by atoms with Crippen LogP contribution in [0.4, 0.5) is 5.82 Å². The largest absolute Gasteiger partial charge is 0.310 e. The molecule has 0 spiro atoms. The van der Waals surface area contributed by atoms with Crippen molar-refractivity contribution >= 4 is 23.5 Å². The fraction of sp³-hybridized carbons (Fsp3) is 0.421. The Morgan fingerprint density at radius 3 is 2.79 bits per heavy atom. The van der Waals surface area contributed by atoms with Crippen LogP contribution < -0.4 is 5.32 Å². The lowest BCUT2D eigenvalue weighted by Gasteiger charge is -2.09. The van der Waals surface area contributed by atoms with Gasteiger partial charge in [-0.3, -0.25) is 4.79 Å². The molecule has 146 valence electrons. The second kappa shape index (κ2) is 8.14. The van der Waals surface area contributed by atoms with Crippen LogP contribution in [-0.2, 0) is 11.3 Å². The molecule has 0 radical (unpaired) electrons. The molecule has 4 rings (SSSR count). The van der Waals surface area contributed by atoms with E-state index in [2.05, 4.69) is 34.7 Å². The van der Waals surface area contributed by atoms with Gasteiger partial charge in [-0.1, -0.05) is 43.8 Å². The summed E-state index contributed by atoms with van der Waals surface area (Å²) >= 11 is 1.34. The number of aromatic nitrogens is 6. The van der Waals surface area contributed by atoms with Crippen molar-refractivity contribution in [3.63, 3.8) is 0 Å². The Morgan fingerprint density at radius 1 is 1.29 bits per heavy atom. The second-order valence-corrected chi connectivity index (χ2v) is 8.29. The van der Waals surface area contributed by atoms with E-state index in [-0.39, 0.29) is 11.7 Å². The lowest BCUT2D eigenvalue weighted by molar-refractivity contribution is -0.113. The molecule has 1 fully saturated rings. The van der Waals surface area contributed by atoms with Crippen molar-refractivity contribution in [1.29, 1.82) is 0 Å². The van der Waals surface area contributed by atoms with E-state index in [9.17, 15) is 4.79 Å². The number of anilines is 1. The van der Waals surface area contributed by atoms with E-state index >= 15 is 0 Å². The van der Waals surface area contributed by atoms with Gasteiger partial charge in [-0.15, -0.1) is 5.10 Å². The van der Waals surface area contributed by atoms with E-state index in [0.717, 1.165) is 30.8 Å². The number of hydrogen-bond donors (Lipinski definition) is 1. The van der Waals surface area contributed by atoms with Crippen LogP contribution in [0.2, 0.25) is 0 Å². The number of benzene rings is 1. The van der Waals surface area contributed by atoms with Crippen molar-refractivity contribution in [3.8, 4) is 5.69 Å². The van der Waals surface area contributed by atoms with Crippen LogP contribution in [0.25, 0.3) is 5.69 Å². The Balaban J connectivity index is 1.45. The highest BCUT2D eigenvalue weighted by molar-refractivity contribution is 7.99. The summed E-state index contributed by atoms with van der Waals surface area (Å²) in [6.07, 6.45) is 2.32. The number of tetrazole rings is 1. The number of nitrogens with one attached hydrogen (secondary N) is 1. The average Bonchev–Trinajstić information content (AvgIpc) is 3.31. The number of thioether (sulfide) groups is 1. The Morgan fingerprint density at radius 2 is 2.07 bits per heavy atom. The fourth-order valence-corrected chi connectivity index (χ4v) is 3.59. The van der Waals surface area contributed by atoms with Crippen molar-refractivity contribution in [3.05, 3.63) is 42.1 Å². The van der Waals surface area contributed by atoms with E-state index in [4.69, 9.17) is 5.10 Å². The van der Waals surface area contributed by atoms with Gasteiger partial charge in [0.15, 0.2) is 0 Å². The Hall–Kier alpha value is -2.68. The molecule has 1 amide bonds. The minimum absolute atomic E-state index is 0.108. The molecule has 1 saturated carbocycles. The summed E-state index contributed by atoms with van der Waals surface area (Å²) in [6.45, 7) is 4.93. The van der Waals surface area contributed by atoms with Crippen LogP contribution in [-0.4, -0.2) is 41.6 Å². The maximum absolute atomic E-state index is 12.6. The molecule has 1 aromatic carbocycles. The van der Waals surface area contributed by atoms with E-state index in [1.165, 1.54) is 11.8 Å². The molecule has 1 aliphatic rings. The highest BCUT2D eigenvalue weighted by Gasteiger charge is 2.28. The third-order valence-corrected chi connectivity index (χ3v) is 5.32. The average molecular weight is 398 g/mol. The van der Waals surface area contributed by atoms with Gasteiger partial charge in [0.25, 0.3) is 0 Å². The van der Waals surface area contributed by atoms with E-state index in [1.807, 2.05) is 36.4 Å². The zero-order chi connectivity index (χ0) is 19.5. The van der Waals surface area contributed by atoms with Gasteiger partial charge in [0.05, 0.1) is 17.1 Å². The van der Waals surface area contributed by atoms with Gasteiger partial charge < -0.3 is 5.32 Å². The molecular formula is C19H23N7OS. The highest BCUT2D eigenvalue weighted by atomic mass is 32.2. The number of para-hydroxylation sites is 1. The van der Waals surface area contributed by atoms with Gasteiger partial charge in [-0.25, -0.2) is 9.36 Å². The standard InChI is InChI=1S/C19H23N7OS/c1-13(2)11-25-19(21-23-24-25)28-12-18(27)20-17-10-16(14-8-9-14)22-26(17)15-6-4-3-5-7-15/h3-7,10,13-14H,8-9,11-12H2,1-2H3,(H,20,27). The number of carbonyl (C=O) groups excluding carboxylic acids is 1. The summed E-state index contributed by atoms with van der Waals surface area (Å²) < 4.78 is 3.54. The van der Waals surface area contributed by atoms with Crippen LogP contribution >= 0.6 is 11.8 Å². The SMILES string of the molecule is CC(C)Cn1nnnc1SCC(=O)Nc1cc(C2CC2)nn1-c1ccccc1. The summed E-state index contributed by atoms with van der Waals surface area (Å²) in [5.41, 5.74) is 1.96. The zero-order valence-electron chi connectivity index (χ0n) is 15.9. The summed E-state index contributed by atoms with van der Waals surface area (Å²) in [5.74, 6) is 1.76. The first-order chi connectivity index (χ1) is 13.6. The zero-order valence-corrected chi connectivity index (χ0v) is 16.8. The van der Waals surface area contributed by atoms with Crippen molar-refractivity contribution in [2.45, 2.75) is 44.3 Å². The maximum atomic E-state index is 12.6. The lowest BCUT2D eigenvalue weighted by atomic mass is 10.2. The minimum atomic E-state index is -0.108. The second-order valence-electron chi connectivity index (χ2n) is 7.35. The predicted molar refractivity (Wildman–Crippen MR) is 108 cm³/mol. The van der Waals surface area contributed by atoms with Gasteiger partial charge >= 0.3 is 0 Å². The first kappa shape index (κ1) is 18.7. The normalized spacial score (nSPS) is 13.8. The molecule has 9 heteroatoms. The Kier molecular flexibility index (Phi) is 5.43. The predicted octanol–water partition coefficient (Wildman–Crippen LogP) is 3.12. The fourth-order valence-electron chi connectivity index (χ4n) is 2.90. The van der Waals surface area contributed by atoms with Gasteiger partial charge in [-0.05, 0) is 41.3 Å². The van der Waals surface area contributed by atoms with Gasteiger partial charge in [0, 0.05) is 18.5 Å². The van der Waals surface area contributed by atoms with Crippen molar-refractivity contribution < 1.29 is 4.79 Å². The van der Waals surface area contributed by atoms with Crippen molar-refractivity contribution in [2.75, 3.05) is 11.1 Å². The number of rotatable bonds is 8. The smallest absolute Gasteiger partial charge is 0.236 e. The molecule has 1 aliphatic carbocycles. The van der Waals surface area contributed by atoms with E-state index < -0.39 is 0 Å². The molecule has 3 aromatic rings. The quantitative estimate of drug-likeness (QED) is 0.587. The molecule has 8 nitrogen and oxygen atoms in total. The molecular weight excluding hydrogens is 374 g/mol. The van der Waals surface area contributed by atoms with Crippen molar-refractivity contribution in [1.82, 2.24) is 30.0 Å². The molecule has 2 aromatic heterocycles. The molecule has 0 saturated heterocycles. The molecule has 2 heterocycles. The maximum Gasteiger partial charge on any atom is 0.236 e. The van der Waals surface area contributed by atoms with Gasteiger partial charge in [0.1, 0.15) is 5.82 Å². The molecule has 0 atom stereocenters. The number of hydrogen-bond acceptors (Lipinski definition) is 6. The van der Waals surface area contributed by atoms with Crippen LogP contribution in [0.5, 0.6) is 0 Å². The molecule has 0 unspecified atom stereocenters. The number of nitrogens with zero attached hydrogens (tertiary/aromatic N) is 6. The summed E-state index contributed by atoms with van der Waals surface area (Å²) in [5, 5.41) is 20.1. The van der Waals surface area contributed by atoms with Gasteiger partial charge in [0.2, 0.25) is 11.1 Å². The summed E-state index contributed by atoms with van der Waals surface area (Å²) in [4.78, 5) is 12.6. The third-order valence-electron chi connectivity index (χ3n) is 4.36. The number of carbonyl (C=O) groups is 1. The first-order valence-corrected chi connectivity index (χ1v) is 10.4. The molecule has 1 N–H and O–H groups in total. The van der Waals surface area contributed by atoms with E-state index in [0.29, 0.717) is 22.8 Å². The number of amides is 1. The highest BCUT2D eigenvalue weighted by Crippen LogP contribution is 2.40. The third kappa shape index (κ3) is 4.41. The molecule has 0 bridgehead atoms. The van der Waals surface area contributed by atoms with Crippen LogP contribution in [0.15, 0.2) is 41.6 Å². The Bertz CT molecular complexity index is 946. The van der Waals surface area contributed by atoms with Gasteiger partial charge in [-0.2, -0.15) is 5.10 Å². The first-order valence-electron chi connectivity index (χ1n) is 9.44. The van der Waals surface area contributed by atoms with Crippen molar-refractivity contribution in [2.24, 2.45) is 5.92 Å². The lowest BCUT2D eigenvalue weighted by Crippen LogP contribution is -2.17.